The van der Waals surface area contributed by atoms with E-state index in [1.165, 1.54) is 16.8 Å². The number of ether oxygens (including phenoxy) is 1. The van der Waals surface area contributed by atoms with Crippen LogP contribution in [0.15, 0.2) is 36.5 Å². The van der Waals surface area contributed by atoms with Gasteiger partial charge in [0, 0.05) is 36.8 Å². The van der Waals surface area contributed by atoms with E-state index in [1.54, 1.807) is 23.1 Å². The third-order valence-corrected chi connectivity index (χ3v) is 6.13. The van der Waals surface area contributed by atoms with Crippen LogP contribution in [0.3, 0.4) is 0 Å². The van der Waals surface area contributed by atoms with Crippen LogP contribution in [0.4, 0.5) is 0 Å². The number of nitrogens with one attached hydrogen (secondary N) is 2. The summed E-state index contributed by atoms with van der Waals surface area (Å²) in [5.74, 6) is -0.883. The second-order valence-corrected chi connectivity index (χ2v) is 8.84. The molecule has 1 fully saturated rings. The number of amides is 3. The Morgan fingerprint density at radius 2 is 2.00 bits per heavy atom. The smallest absolute Gasteiger partial charge is 0.315 e. The van der Waals surface area contributed by atoms with Crippen molar-refractivity contribution in [3.05, 3.63) is 59.0 Å². The molecule has 11 heteroatoms. The van der Waals surface area contributed by atoms with Crippen LogP contribution in [0.5, 0.6) is 5.75 Å². The highest BCUT2D eigenvalue weighted by Crippen LogP contribution is 2.26. The zero-order valence-electron chi connectivity index (χ0n) is 19.3. The van der Waals surface area contributed by atoms with E-state index in [9.17, 15) is 19.2 Å². The fourth-order valence-corrected chi connectivity index (χ4v) is 4.34. The van der Waals surface area contributed by atoms with E-state index in [4.69, 9.17) is 4.74 Å². The molecule has 2 aromatic heterocycles. The van der Waals surface area contributed by atoms with Gasteiger partial charge in [0.25, 0.3) is 11.8 Å². The molecule has 180 valence electrons. The topological polar surface area (TPSA) is 135 Å². The molecule has 2 N–H and O–H groups in total. The van der Waals surface area contributed by atoms with Crippen LogP contribution in [0.1, 0.15) is 52.4 Å². The third kappa shape index (κ3) is 4.32. The number of likely N-dealkylation sites (tertiary alicyclic amines) is 1. The zero-order chi connectivity index (χ0) is 24.7. The number of carbonyl (C=O) groups excluding carboxylic acids is 4. The van der Waals surface area contributed by atoms with Gasteiger partial charge in [-0.05, 0) is 38.0 Å². The number of esters is 1. The molecule has 4 heterocycles. The van der Waals surface area contributed by atoms with Crippen molar-refractivity contribution >= 4 is 29.3 Å². The Bertz CT molecular complexity index is 1360. The summed E-state index contributed by atoms with van der Waals surface area (Å²) in [7, 11) is 0. The first-order valence-electron chi connectivity index (χ1n) is 11.4. The number of aromatic nitrogens is 3. The molecule has 1 aromatic carbocycles. The molecule has 3 aromatic rings. The van der Waals surface area contributed by atoms with Crippen LogP contribution in [0.25, 0.3) is 5.65 Å². The minimum absolute atomic E-state index is 0.0457. The van der Waals surface area contributed by atoms with Crippen molar-refractivity contribution in [2.24, 2.45) is 0 Å². The summed E-state index contributed by atoms with van der Waals surface area (Å²) in [5, 5.41) is 9.70. The van der Waals surface area contributed by atoms with E-state index in [-0.39, 0.29) is 42.3 Å². The monoisotopic (exact) mass is 476 g/mol. The molecule has 2 aliphatic rings. The molecule has 0 unspecified atom stereocenters. The molecule has 0 aliphatic carbocycles. The SMILES string of the molecule is CC(C)N1CC[C@H](NC(=O)c2cc(C(=O)NCc3ccc4c(c3)CC(=O)O4)nc3ccnn23)C1=O. The highest BCUT2D eigenvalue weighted by atomic mass is 16.5. The van der Waals surface area contributed by atoms with Gasteiger partial charge < -0.3 is 20.3 Å². The van der Waals surface area contributed by atoms with Gasteiger partial charge in [0.15, 0.2) is 5.65 Å². The van der Waals surface area contributed by atoms with Crippen LogP contribution in [0.2, 0.25) is 0 Å². The van der Waals surface area contributed by atoms with Crippen molar-refractivity contribution in [2.75, 3.05) is 6.54 Å². The molecule has 3 amide bonds. The van der Waals surface area contributed by atoms with Gasteiger partial charge in [-0.2, -0.15) is 5.10 Å². The van der Waals surface area contributed by atoms with Crippen molar-refractivity contribution in [2.45, 2.75) is 45.3 Å². The first-order chi connectivity index (χ1) is 16.8. The Kier molecular flexibility index (Phi) is 5.67. The van der Waals surface area contributed by atoms with E-state index in [1.807, 2.05) is 19.9 Å². The van der Waals surface area contributed by atoms with Gasteiger partial charge in [-0.3, -0.25) is 19.2 Å². The average molecular weight is 476 g/mol. The summed E-state index contributed by atoms with van der Waals surface area (Å²) in [6, 6.07) is 7.65. The molecular formula is C24H24N6O5. The van der Waals surface area contributed by atoms with Crippen molar-refractivity contribution < 1.29 is 23.9 Å². The first kappa shape index (κ1) is 22.5. The summed E-state index contributed by atoms with van der Waals surface area (Å²) >= 11 is 0. The molecule has 0 radical (unpaired) electrons. The lowest BCUT2D eigenvalue weighted by Crippen LogP contribution is -2.43. The van der Waals surface area contributed by atoms with Crippen LogP contribution >= 0.6 is 0 Å². The van der Waals surface area contributed by atoms with Crippen LogP contribution in [-0.4, -0.2) is 61.8 Å². The molecule has 35 heavy (non-hydrogen) atoms. The van der Waals surface area contributed by atoms with Gasteiger partial charge in [-0.15, -0.1) is 0 Å². The second kappa shape index (κ2) is 8.82. The highest BCUT2D eigenvalue weighted by molar-refractivity contribution is 6.00. The standard InChI is InChI=1S/C24H24N6O5/c1-13(2)29-8-6-16(24(29)34)28-23(33)18-11-17(27-20-5-7-26-30(18)20)22(32)25-12-14-3-4-19-15(9-14)10-21(31)35-19/h3-5,7,9,11,13,16H,6,8,10,12H2,1-2H3,(H,25,32)(H,28,33)/t16-/m0/s1. The summed E-state index contributed by atoms with van der Waals surface area (Å²) in [4.78, 5) is 56.0. The van der Waals surface area contributed by atoms with E-state index < -0.39 is 17.9 Å². The van der Waals surface area contributed by atoms with Crippen molar-refractivity contribution in [3.8, 4) is 5.75 Å². The third-order valence-electron chi connectivity index (χ3n) is 6.13. The summed E-state index contributed by atoms with van der Waals surface area (Å²) in [6.45, 7) is 4.64. The van der Waals surface area contributed by atoms with Crippen LogP contribution < -0.4 is 15.4 Å². The Morgan fingerprint density at radius 3 is 2.77 bits per heavy atom. The number of benzene rings is 1. The number of hydrogen-bond acceptors (Lipinski definition) is 7. The molecule has 0 bridgehead atoms. The Labute approximate surface area is 200 Å². The lowest BCUT2D eigenvalue weighted by Gasteiger charge is -2.21. The fraction of sp³-hybridized carbons (Fsp3) is 0.333. The van der Waals surface area contributed by atoms with Crippen LogP contribution in [0, 0.1) is 0 Å². The fourth-order valence-electron chi connectivity index (χ4n) is 4.34. The van der Waals surface area contributed by atoms with Crippen molar-refractivity contribution in [1.82, 2.24) is 30.1 Å². The van der Waals surface area contributed by atoms with Crippen LogP contribution in [-0.2, 0) is 22.6 Å². The molecule has 11 nitrogen and oxygen atoms in total. The van der Waals surface area contributed by atoms with Gasteiger partial charge in [0.1, 0.15) is 23.2 Å². The van der Waals surface area contributed by atoms with Gasteiger partial charge in [0.2, 0.25) is 5.91 Å². The molecule has 1 atom stereocenters. The number of fused-ring (bicyclic) bond motifs is 2. The maximum atomic E-state index is 13.1. The lowest BCUT2D eigenvalue weighted by molar-refractivity contribution is -0.132. The average Bonchev–Trinajstić information content (AvgIpc) is 3.54. The summed E-state index contributed by atoms with van der Waals surface area (Å²) < 4.78 is 6.43. The zero-order valence-corrected chi connectivity index (χ0v) is 19.3. The number of rotatable bonds is 6. The second-order valence-electron chi connectivity index (χ2n) is 8.84. The Morgan fingerprint density at radius 1 is 1.17 bits per heavy atom. The number of hydrogen-bond donors (Lipinski definition) is 2. The van der Waals surface area contributed by atoms with E-state index in [2.05, 4.69) is 20.7 Å². The molecule has 5 rings (SSSR count). The highest BCUT2D eigenvalue weighted by Gasteiger charge is 2.34. The summed E-state index contributed by atoms with van der Waals surface area (Å²) in [5.41, 5.74) is 2.06. The Hall–Kier alpha value is -4.28. The largest absolute Gasteiger partial charge is 0.426 e. The maximum absolute atomic E-state index is 13.1. The van der Waals surface area contributed by atoms with E-state index >= 15 is 0 Å². The predicted molar refractivity (Wildman–Crippen MR) is 123 cm³/mol. The minimum atomic E-state index is -0.628. The molecular weight excluding hydrogens is 452 g/mol. The number of carbonyl (C=O) groups is 4. The molecule has 0 saturated carbocycles. The normalized spacial score (nSPS) is 17.1. The van der Waals surface area contributed by atoms with E-state index in [0.29, 0.717) is 24.4 Å². The summed E-state index contributed by atoms with van der Waals surface area (Å²) in [6.07, 6.45) is 2.20. The molecule has 0 spiro atoms. The minimum Gasteiger partial charge on any atom is -0.426 e. The lowest BCUT2D eigenvalue weighted by atomic mass is 10.1. The maximum Gasteiger partial charge on any atom is 0.315 e. The van der Waals surface area contributed by atoms with Crippen molar-refractivity contribution in [3.63, 3.8) is 0 Å². The quantitative estimate of drug-likeness (QED) is 0.398. The number of nitrogens with zero attached hydrogens (tertiary/aromatic N) is 4. The Balaban J connectivity index is 1.32. The first-order valence-corrected chi connectivity index (χ1v) is 11.4. The van der Waals surface area contributed by atoms with Gasteiger partial charge in [-0.1, -0.05) is 6.07 Å². The molecule has 2 aliphatic heterocycles. The van der Waals surface area contributed by atoms with E-state index in [0.717, 1.165) is 11.1 Å². The van der Waals surface area contributed by atoms with Gasteiger partial charge in [0.05, 0.1) is 12.6 Å². The predicted octanol–water partition coefficient (Wildman–Crippen LogP) is 0.860. The van der Waals surface area contributed by atoms with Gasteiger partial charge in [-0.25, -0.2) is 9.50 Å². The van der Waals surface area contributed by atoms with Gasteiger partial charge >= 0.3 is 5.97 Å². The molecule has 1 saturated heterocycles. The van der Waals surface area contributed by atoms with Crippen molar-refractivity contribution in [1.29, 1.82) is 0 Å².